The molecule has 0 aliphatic heterocycles. The average molecular weight is 389 g/mol. The van der Waals surface area contributed by atoms with Crippen LogP contribution in [0.15, 0.2) is 67.0 Å². The lowest BCUT2D eigenvalue weighted by atomic mass is 10.1. The number of nitrogens with zero attached hydrogens (tertiary/aromatic N) is 1. The van der Waals surface area contributed by atoms with Crippen molar-refractivity contribution in [1.82, 2.24) is 4.98 Å². The van der Waals surface area contributed by atoms with Crippen molar-refractivity contribution in [3.05, 3.63) is 83.7 Å². The quantitative estimate of drug-likeness (QED) is 0.567. The molecule has 0 atom stereocenters. The van der Waals surface area contributed by atoms with E-state index in [0.717, 1.165) is 17.7 Å². The van der Waals surface area contributed by atoms with Gasteiger partial charge in [-0.1, -0.05) is 37.3 Å². The van der Waals surface area contributed by atoms with E-state index in [1.54, 1.807) is 37.4 Å². The van der Waals surface area contributed by atoms with Crippen LogP contribution in [0, 0.1) is 0 Å². The van der Waals surface area contributed by atoms with Crippen molar-refractivity contribution in [2.24, 2.45) is 0 Å². The van der Waals surface area contributed by atoms with Gasteiger partial charge in [0.25, 0.3) is 5.91 Å². The van der Waals surface area contributed by atoms with Gasteiger partial charge < -0.3 is 15.4 Å². The van der Waals surface area contributed by atoms with E-state index in [4.69, 9.17) is 4.74 Å². The lowest BCUT2D eigenvalue weighted by Gasteiger charge is -2.13. The Morgan fingerprint density at radius 2 is 1.69 bits per heavy atom. The van der Waals surface area contributed by atoms with Gasteiger partial charge in [0.15, 0.2) is 0 Å². The van der Waals surface area contributed by atoms with Crippen LogP contribution in [0.25, 0.3) is 0 Å². The monoisotopic (exact) mass is 389 g/mol. The number of hydrogen-bond donors (Lipinski definition) is 2. The van der Waals surface area contributed by atoms with Crippen LogP contribution < -0.4 is 10.6 Å². The fourth-order valence-corrected chi connectivity index (χ4v) is 2.91. The average Bonchev–Trinajstić information content (AvgIpc) is 2.75. The number of amides is 1. The number of rotatable bonds is 7. The summed E-state index contributed by atoms with van der Waals surface area (Å²) in [5.41, 5.74) is 3.85. The highest BCUT2D eigenvalue weighted by molar-refractivity contribution is 6.05. The van der Waals surface area contributed by atoms with Crippen molar-refractivity contribution in [1.29, 1.82) is 0 Å². The predicted octanol–water partition coefficient (Wildman–Crippen LogP) is 4.82. The van der Waals surface area contributed by atoms with E-state index in [1.165, 1.54) is 6.20 Å². The molecule has 2 N–H and O–H groups in total. The van der Waals surface area contributed by atoms with Gasteiger partial charge in [0.1, 0.15) is 0 Å². The van der Waals surface area contributed by atoms with Crippen molar-refractivity contribution in [2.45, 2.75) is 20.3 Å². The normalized spacial score (nSPS) is 10.3. The number of esters is 1. The Labute approximate surface area is 169 Å². The number of nitrogens with one attached hydrogen (secondary N) is 2. The maximum atomic E-state index is 12.7. The second kappa shape index (κ2) is 9.50. The van der Waals surface area contributed by atoms with E-state index in [1.807, 2.05) is 37.3 Å². The Bertz CT molecular complexity index is 1020. The third-order valence-corrected chi connectivity index (χ3v) is 4.35. The minimum absolute atomic E-state index is 0.249. The number of carbonyl (C=O) groups excluding carboxylic acids is 2. The summed E-state index contributed by atoms with van der Waals surface area (Å²) in [6, 6.07) is 16.4. The second-order valence-electron chi connectivity index (χ2n) is 6.32. The molecule has 1 aromatic heterocycles. The van der Waals surface area contributed by atoms with Gasteiger partial charge in [-0.25, -0.2) is 4.79 Å². The van der Waals surface area contributed by atoms with Crippen molar-refractivity contribution in [3.8, 4) is 0 Å². The molecule has 1 heterocycles. The van der Waals surface area contributed by atoms with Gasteiger partial charge >= 0.3 is 5.97 Å². The predicted molar refractivity (Wildman–Crippen MR) is 114 cm³/mol. The van der Waals surface area contributed by atoms with Gasteiger partial charge in [-0.2, -0.15) is 0 Å². The second-order valence-corrected chi connectivity index (χ2v) is 6.32. The molecule has 0 fully saturated rings. The van der Waals surface area contributed by atoms with Gasteiger partial charge in [-0.15, -0.1) is 0 Å². The fourth-order valence-electron chi connectivity index (χ4n) is 2.91. The van der Waals surface area contributed by atoms with E-state index in [0.29, 0.717) is 29.1 Å². The first kappa shape index (κ1) is 20.1. The molecule has 3 rings (SSSR count). The van der Waals surface area contributed by atoms with Gasteiger partial charge in [0.05, 0.1) is 35.3 Å². The topological polar surface area (TPSA) is 80.3 Å². The molecular weight excluding hydrogens is 366 g/mol. The Morgan fingerprint density at radius 1 is 0.966 bits per heavy atom. The van der Waals surface area contributed by atoms with Crippen LogP contribution in [0.1, 0.15) is 40.1 Å². The molecule has 0 saturated heterocycles. The summed E-state index contributed by atoms with van der Waals surface area (Å²) in [7, 11) is 0. The molecule has 0 spiro atoms. The lowest BCUT2D eigenvalue weighted by Crippen LogP contribution is -2.14. The highest BCUT2D eigenvalue weighted by atomic mass is 16.5. The zero-order valence-electron chi connectivity index (χ0n) is 16.4. The highest BCUT2D eigenvalue weighted by Crippen LogP contribution is 2.23. The molecule has 6 nitrogen and oxygen atoms in total. The lowest BCUT2D eigenvalue weighted by molar-refractivity contribution is 0.0527. The zero-order valence-corrected chi connectivity index (χ0v) is 16.4. The number of benzene rings is 2. The Kier molecular flexibility index (Phi) is 6.58. The standard InChI is InChI=1S/C23H23N3O3/c1-3-16-9-5-7-11-20(16)26-22(27)17-13-18(15-24-14-17)25-21-12-8-6-10-19(21)23(28)29-4-2/h5-15,25H,3-4H2,1-2H3,(H,26,27). The molecule has 148 valence electrons. The summed E-state index contributed by atoms with van der Waals surface area (Å²) in [5.74, 6) is -0.658. The maximum absolute atomic E-state index is 12.7. The van der Waals surface area contributed by atoms with E-state index in [2.05, 4.69) is 15.6 Å². The van der Waals surface area contributed by atoms with Crippen LogP contribution in [0.4, 0.5) is 17.1 Å². The van der Waals surface area contributed by atoms with Gasteiger partial charge in [-0.3, -0.25) is 9.78 Å². The molecular formula is C23H23N3O3. The van der Waals surface area contributed by atoms with Crippen molar-refractivity contribution >= 4 is 28.9 Å². The smallest absolute Gasteiger partial charge is 0.340 e. The molecule has 3 aromatic rings. The molecule has 0 radical (unpaired) electrons. The number of anilines is 3. The van der Waals surface area contributed by atoms with Gasteiger partial charge in [0.2, 0.25) is 0 Å². The molecule has 1 amide bonds. The van der Waals surface area contributed by atoms with Crippen molar-refractivity contribution in [3.63, 3.8) is 0 Å². The van der Waals surface area contributed by atoms with E-state index in [-0.39, 0.29) is 5.91 Å². The third-order valence-electron chi connectivity index (χ3n) is 4.35. The van der Waals surface area contributed by atoms with Crippen LogP contribution in [-0.2, 0) is 11.2 Å². The molecule has 0 unspecified atom stereocenters. The minimum Gasteiger partial charge on any atom is -0.462 e. The summed E-state index contributed by atoms with van der Waals surface area (Å²) in [6.45, 7) is 4.10. The van der Waals surface area contributed by atoms with Crippen molar-refractivity contribution < 1.29 is 14.3 Å². The molecule has 0 aliphatic rings. The number of hydrogen-bond acceptors (Lipinski definition) is 5. The van der Waals surface area contributed by atoms with E-state index >= 15 is 0 Å². The van der Waals surface area contributed by atoms with Crippen LogP contribution in [0.2, 0.25) is 0 Å². The summed E-state index contributed by atoms with van der Waals surface area (Å²) in [6.07, 6.45) is 3.92. The Balaban J connectivity index is 1.80. The number of ether oxygens (including phenoxy) is 1. The number of para-hydroxylation sites is 2. The first-order valence-electron chi connectivity index (χ1n) is 9.49. The molecule has 0 aliphatic carbocycles. The van der Waals surface area contributed by atoms with Crippen LogP contribution >= 0.6 is 0 Å². The van der Waals surface area contributed by atoms with Crippen molar-refractivity contribution in [2.75, 3.05) is 17.2 Å². The van der Waals surface area contributed by atoms with Crippen LogP contribution in [0.3, 0.4) is 0 Å². The number of aromatic nitrogens is 1. The third kappa shape index (κ3) is 4.99. The highest BCUT2D eigenvalue weighted by Gasteiger charge is 2.13. The summed E-state index contributed by atoms with van der Waals surface area (Å²) in [4.78, 5) is 29.0. The van der Waals surface area contributed by atoms with Crippen LogP contribution in [0.5, 0.6) is 0 Å². The Hall–Kier alpha value is -3.67. The van der Waals surface area contributed by atoms with Gasteiger partial charge in [0, 0.05) is 11.9 Å². The zero-order chi connectivity index (χ0) is 20.6. The first-order valence-corrected chi connectivity index (χ1v) is 9.49. The fraction of sp³-hybridized carbons (Fsp3) is 0.174. The molecule has 29 heavy (non-hydrogen) atoms. The summed E-state index contributed by atoms with van der Waals surface area (Å²) >= 11 is 0. The maximum Gasteiger partial charge on any atom is 0.340 e. The minimum atomic E-state index is -0.409. The van der Waals surface area contributed by atoms with E-state index < -0.39 is 5.97 Å². The first-order chi connectivity index (χ1) is 14.1. The SMILES string of the molecule is CCOC(=O)c1ccccc1Nc1cncc(C(=O)Nc2ccccc2CC)c1. The number of pyridine rings is 1. The largest absolute Gasteiger partial charge is 0.462 e. The van der Waals surface area contributed by atoms with Gasteiger partial charge in [-0.05, 0) is 43.2 Å². The molecule has 6 heteroatoms. The number of aryl methyl sites for hydroxylation is 1. The summed E-state index contributed by atoms with van der Waals surface area (Å²) in [5, 5.41) is 6.08. The summed E-state index contributed by atoms with van der Waals surface area (Å²) < 4.78 is 5.10. The Morgan fingerprint density at radius 3 is 2.45 bits per heavy atom. The molecule has 0 saturated carbocycles. The number of carbonyl (C=O) groups is 2. The molecule has 0 bridgehead atoms. The van der Waals surface area contributed by atoms with Crippen LogP contribution in [-0.4, -0.2) is 23.5 Å². The van der Waals surface area contributed by atoms with E-state index in [9.17, 15) is 9.59 Å². The molecule has 2 aromatic carbocycles.